The number of rotatable bonds is 3. The maximum atomic E-state index is 5.43. The van der Waals surface area contributed by atoms with Gasteiger partial charge in [0.15, 0.2) is 0 Å². The molecule has 60 heavy (non-hydrogen) atoms. The maximum Gasteiger partial charge on any atom is 0.235 e. The number of hydrogen-bond donors (Lipinski definition) is 0. The minimum atomic E-state index is -0.552. The van der Waals surface area contributed by atoms with Gasteiger partial charge in [-0.3, -0.25) is 4.90 Å². The number of fused-ring (bicyclic) bond motifs is 15. The van der Waals surface area contributed by atoms with Gasteiger partial charge in [0.05, 0.1) is 44.9 Å². The van der Waals surface area contributed by atoms with Gasteiger partial charge in [-0.2, -0.15) is 0 Å². The highest BCUT2D eigenvalue weighted by molar-refractivity contribution is 6.13. The summed E-state index contributed by atoms with van der Waals surface area (Å²) in [5.74, 6) is 0.651. The van der Waals surface area contributed by atoms with E-state index in [-0.39, 0.29) is 5.41 Å². The highest BCUT2D eigenvalue weighted by atomic mass is 15.3. The fourth-order valence-electron chi connectivity index (χ4n) is 11.2. The molecular weight excluding hydrogens is 729 g/mol. The van der Waals surface area contributed by atoms with Crippen LogP contribution < -0.4 is 4.90 Å². The zero-order valence-corrected chi connectivity index (χ0v) is 33.3. The average molecular weight is 767 g/mol. The molecule has 4 heterocycles. The van der Waals surface area contributed by atoms with Crippen LogP contribution in [0.5, 0.6) is 0 Å². The van der Waals surface area contributed by atoms with Crippen LogP contribution >= 0.6 is 0 Å². The van der Waals surface area contributed by atoms with Crippen molar-refractivity contribution in [3.8, 4) is 39.3 Å². The van der Waals surface area contributed by atoms with Crippen molar-refractivity contribution < 1.29 is 0 Å². The van der Waals surface area contributed by atoms with Crippen molar-refractivity contribution in [2.24, 2.45) is 0 Å². The lowest BCUT2D eigenvalue weighted by atomic mass is 9.64. The van der Waals surface area contributed by atoms with Gasteiger partial charge in [0, 0.05) is 27.3 Å². The molecule has 8 aromatic carbocycles. The van der Waals surface area contributed by atoms with Gasteiger partial charge in [0.2, 0.25) is 5.95 Å². The second-order valence-electron chi connectivity index (χ2n) is 16.9. The van der Waals surface area contributed by atoms with Crippen LogP contribution in [0.1, 0.15) is 47.2 Å². The summed E-state index contributed by atoms with van der Waals surface area (Å²) in [6.07, 6.45) is 0. The van der Waals surface area contributed by atoms with Crippen molar-refractivity contribution >= 4 is 39.1 Å². The van der Waals surface area contributed by atoms with E-state index in [0.29, 0.717) is 5.95 Å². The third-order valence-corrected chi connectivity index (χ3v) is 13.6. The number of anilines is 3. The Kier molecular flexibility index (Phi) is 6.68. The van der Waals surface area contributed by atoms with E-state index in [1.54, 1.807) is 0 Å². The summed E-state index contributed by atoms with van der Waals surface area (Å²) in [5, 5.41) is 2.56. The normalized spacial score (nSPS) is 16.3. The van der Waals surface area contributed by atoms with E-state index in [2.05, 4.69) is 217 Å². The van der Waals surface area contributed by atoms with Crippen LogP contribution in [0.3, 0.4) is 0 Å². The molecule has 0 saturated carbocycles. The Morgan fingerprint density at radius 2 is 1.02 bits per heavy atom. The minimum Gasteiger partial charge on any atom is -0.309 e. The van der Waals surface area contributed by atoms with Crippen molar-refractivity contribution in [3.05, 3.63) is 228 Å². The third-order valence-electron chi connectivity index (χ3n) is 13.6. The van der Waals surface area contributed by atoms with E-state index >= 15 is 0 Å². The lowest BCUT2D eigenvalue weighted by Crippen LogP contribution is -2.35. The lowest BCUT2D eigenvalue weighted by Gasteiger charge is -2.43. The Balaban J connectivity index is 1.15. The first-order valence-corrected chi connectivity index (χ1v) is 20.8. The molecule has 3 aliphatic rings. The van der Waals surface area contributed by atoms with Crippen LogP contribution in [0.2, 0.25) is 0 Å². The Labute approximate surface area is 348 Å². The first-order chi connectivity index (χ1) is 29.5. The number of nitrogens with zero attached hydrogens (tertiary/aromatic N) is 4. The van der Waals surface area contributed by atoms with Gasteiger partial charge in [-0.25, -0.2) is 9.97 Å². The fraction of sp³-hybridized carbons (Fsp3) is 0.0714. The van der Waals surface area contributed by atoms with E-state index in [1.165, 1.54) is 72.0 Å². The Bertz CT molecular complexity index is 3360. The van der Waals surface area contributed by atoms with Crippen molar-refractivity contribution in [2.45, 2.75) is 24.7 Å². The second-order valence-corrected chi connectivity index (χ2v) is 16.9. The molecule has 10 aromatic rings. The number of benzene rings is 8. The molecule has 0 amide bonds. The maximum absolute atomic E-state index is 5.43. The standard InChI is InChI=1S/C56H38N4/c1-55(2)41-26-12-15-30-48(41)60(54-57-45(35-18-5-3-6-19-35)34-46(58-54)36-20-7-4-8-21-36)50-33-32-43-51(52(50)55)39-23-9-11-25-40(39)56(43)42-27-13-16-31-49(42)59-47-29-14-10-22-37(47)38-24-17-28-44(56)53(38)59/h3-34H,1-2H3. The molecule has 13 rings (SSSR count). The van der Waals surface area contributed by atoms with E-state index in [0.717, 1.165) is 33.9 Å². The molecule has 1 unspecified atom stereocenters. The van der Waals surface area contributed by atoms with Crippen molar-refractivity contribution in [1.82, 2.24) is 14.5 Å². The summed E-state index contributed by atoms with van der Waals surface area (Å²) in [6.45, 7) is 4.81. The quantitative estimate of drug-likeness (QED) is 0.180. The third kappa shape index (κ3) is 4.19. The van der Waals surface area contributed by atoms with Gasteiger partial charge in [-0.15, -0.1) is 0 Å². The summed E-state index contributed by atoms with van der Waals surface area (Å²) in [7, 11) is 0. The van der Waals surface area contributed by atoms with Gasteiger partial charge < -0.3 is 4.57 Å². The van der Waals surface area contributed by atoms with Crippen LogP contribution in [0.25, 0.3) is 61.1 Å². The first kappa shape index (κ1) is 33.4. The van der Waals surface area contributed by atoms with E-state index in [9.17, 15) is 0 Å². The molecule has 0 bridgehead atoms. The predicted molar refractivity (Wildman–Crippen MR) is 245 cm³/mol. The SMILES string of the molecule is CC1(C)c2ccccc2N(c2nc(-c3ccccc3)cc(-c3ccccc3)n2)c2ccc3c(c21)-c1ccccc1C31c2ccccc2-n2c3ccccc3c3cccc1c32. The lowest BCUT2D eigenvalue weighted by molar-refractivity contribution is 0.631. The van der Waals surface area contributed by atoms with Crippen molar-refractivity contribution in [1.29, 1.82) is 0 Å². The predicted octanol–water partition coefficient (Wildman–Crippen LogP) is 13.7. The van der Waals surface area contributed by atoms with Gasteiger partial charge in [0.25, 0.3) is 0 Å². The molecule has 0 saturated heterocycles. The fourth-order valence-corrected chi connectivity index (χ4v) is 11.2. The molecule has 2 aromatic heterocycles. The largest absolute Gasteiger partial charge is 0.309 e. The average Bonchev–Trinajstić information content (AvgIpc) is 3.80. The van der Waals surface area contributed by atoms with Crippen molar-refractivity contribution in [3.63, 3.8) is 0 Å². The van der Waals surface area contributed by atoms with Crippen LogP contribution in [-0.4, -0.2) is 14.5 Å². The number of para-hydroxylation sites is 4. The number of hydrogen-bond acceptors (Lipinski definition) is 3. The molecule has 282 valence electrons. The topological polar surface area (TPSA) is 34.0 Å². The number of aromatic nitrogens is 3. The van der Waals surface area contributed by atoms with Crippen LogP contribution in [-0.2, 0) is 10.8 Å². The summed E-state index contributed by atoms with van der Waals surface area (Å²) >= 11 is 0. The van der Waals surface area contributed by atoms with E-state index < -0.39 is 5.41 Å². The van der Waals surface area contributed by atoms with E-state index in [1.807, 2.05) is 0 Å². The van der Waals surface area contributed by atoms with Crippen LogP contribution in [0.4, 0.5) is 17.3 Å². The molecule has 4 heteroatoms. The zero-order valence-electron chi connectivity index (χ0n) is 33.3. The van der Waals surface area contributed by atoms with Crippen LogP contribution in [0.15, 0.2) is 194 Å². The summed E-state index contributed by atoms with van der Waals surface area (Å²) in [5.41, 5.74) is 19.2. The van der Waals surface area contributed by atoms with Crippen LogP contribution in [0, 0.1) is 0 Å². The summed E-state index contributed by atoms with van der Waals surface area (Å²) in [4.78, 5) is 13.2. The van der Waals surface area contributed by atoms with Gasteiger partial charge in [0.1, 0.15) is 0 Å². The van der Waals surface area contributed by atoms with E-state index in [4.69, 9.17) is 9.97 Å². The zero-order chi connectivity index (χ0) is 39.7. The molecule has 0 N–H and O–H groups in total. The second kappa shape index (κ2) is 12.0. The molecular formula is C56H38N4. The molecule has 0 radical (unpaired) electrons. The first-order valence-electron chi connectivity index (χ1n) is 20.8. The molecule has 1 aliphatic carbocycles. The molecule has 0 fully saturated rings. The highest BCUT2D eigenvalue weighted by Gasteiger charge is 2.53. The smallest absolute Gasteiger partial charge is 0.235 e. The molecule has 1 spiro atoms. The molecule has 4 nitrogen and oxygen atoms in total. The Morgan fingerprint density at radius 1 is 0.433 bits per heavy atom. The monoisotopic (exact) mass is 766 g/mol. The van der Waals surface area contributed by atoms with Crippen molar-refractivity contribution in [2.75, 3.05) is 4.90 Å². The summed E-state index contributed by atoms with van der Waals surface area (Å²) in [6, 6.07) is 70.9. The van der Waals surface area contributed by atoms with Gasteiger partial charge in [-0.1, -0.05) is 178 Å². The Hall–Kier alpha value is -7.56. The summed E-state index contributed by atoms with van der Waals surface area (Å²) < 4.78 is 2.52. The molecule has 1 atom stereocenters. The Morgan fingerprint density at radius 3 is 1.77 bits per heavy atom. The highest BCUT2D eigenvalue weighted by Crippen LogP contribution is 2.65. The van der Waals surface area contributed by atoms with Gasteiger partial charge >= 0.3 is 0 Å². The molecule has 2 aliphatic heterocycles. The van der Waals surface area contributed by atoms with Gasteiger partial charge in [-0.05, 0) is 74.8 Å². The minimum absolute atomic E-state index is 0.374.